The third-order valence-electron chi connectivity index (χ3n) is 5.28. The Hall–Kier alpha value is -3.87. The fourth-order valence-electron chi connectivity index (χ4n) is 3.83. The van der Waals surface area contributed by atoms with Crippen LogP contribution in [-0.4, -0.2) is 34.3 Å². The van der Waals surface area contributed by atoms with E-state index in [0.29, 0.717) is 5.88 Å². The number of hydrogen-bond acceptors (Lipinski definition) is 5. The van der Waals surface area contributed by atoms with Crippen molar-refractivity contribution >= 4 is 28.3 Å². The van der Waals surface area contributed by atoms with Crippen LogP contribution in [0.15, 0.2) is 60.7 Å². The fraction of sp³-hybridized carbons (Fsp3) is 0.240. The maximum atomic E-state index is 12.7. The highest BCUT2D eigenvalue weighted by Crippen LogP contribution is 2.28. The van der Waals surface area contributed by atoms with Gasteiger partial charge in [-0.05, 0) is 43.2 Å². The number of nitrogens with one attached hydrogen (secondary N) is 1. The van der Waals surface area contributed by atoms with Crippen LogP contribution in [0.5, 0.6) is 5.88 Å². The van der Waals surface area contributed by atoms with Crippen LogP contribution in [0.25, 0.3) is 11.0 Å². The fourth-order valence-corrected chi connectivity index (χ4v) is 3.83. The lowest BCUT2D eigenvalue weighted by Crippen LogP contribution is -2.23. The normalized spacial score (nSPS) is 10.9. The van der Waals surface area contributed by atoms with Crippen molar-refractivity contribution in [2.24, 2.45) is 7.05 Å². The van der Waals surface area contributed by atoms with Crippen LogP contribution >= 0.6 is 0 Å². The van der Waals surface area contributed by atoms with Crippen LogP contribution < -0.4 is 15.0 Å². The zero-order valence-electron chi connectivity index (χ0n) is 18.8. The largest absolute Gasteiger partial charge is 0.466 e. The van der Waals surface area contributed by atoms with Crippen LogP contribution in [0.4, 0.5) is 11.4 Å². The van der Waals surface area contributed by atoms with Gasteiger partial charge in [0.1, 0.15) is 0 Å². The van der Waals surface area contributed by atoms with Crippen molar-refractivity contribution in [3.8, 4) is 5.88 Å². The minimum atomic E-state index is -0.248. The van der Waals surface area contributed by atoms with Crippen molar-refractivity contribution in [3.63, 3.8) is 0 Å². The molecule has 4 rings (SSSR count). The smallest absolute Gasteiger partial charge is 0.262 e. The van der Waals surface area contributed by atoms with Crippen molar-refractivity contribution in [1.82, 2.24) is 14.8 Å². The van der Waals surface area contributed by atoms with E-state index in [0.717, 1.165) is 40.2 Å². The van der Waals surface area contributed by atoms with E-state index >= 15 is 0 Å². The second-order valence-electron chi connectivity index (χ2n) is 7.90. The molecule has 0 saturated carbocycles. The maximum Gasteiger partial charge on any atom is 0.262 e. The molecule has 2 aromatic carbocycles. The number of carbonyl (C=O) groups excluding carboxylic acids is 1. The molecule has 2 aromatic heterocycles. The summed E-state index contributed by atoms with van der Waals surface area (Å²) >= 11 is 0. The number of pyridine rings is 1. The Labute approximate surface area is 187 Å². The number of fused-ring (bicyclic) bond motifs is 1. The van der Waals surface area contributed by atoms with E-state index in [1.165, 1.54) is 5.56 Å². The molecular weight excluding hydrogens is 402 g/mol. The molecule has 0 aliphatic carbocycles. The summed E-state index contributed by atoms with van der Waals surface area (Å²) in [5.74, 6) is 0.166. The topological polar surface area (TPSA) is 72.3 Å². The average molecular weight is 430 g/mol. The van der Waals surface area contributed by atoms with Gasteiger partial charge in [-0.25, -0.2) is 9.67 Å². The van der Waals surface area contributed by atoms with Gasteiger partial charge in [0.15, 0.2) is 12.3 Å². The first-order chi connectivity index (χ1) is 15.4. The van der Waals surface area contributed by atoms with Gasteiger partial charge in [-0.15, -0.1) is 5.10 Å². The number of amides is 1. The van der Waals surface area contributed by atoms with Crippen LogP contribution in [0, 0.1) is 13.8 Å². The molecule has 7 heteroatoms. The van der Waals surface area contributed by atoms with Crippen molar-refractivity contribution in [1.29, 1.82) is 0 Å². The summed E-state index contributed by atoms with van der Waals surface area (Å²) in [4.78, 5) is 19.3. The van der Waals surface area contributed by atoms with E-state index < -0.39 is 0 Å². The second-order valence-corrected chi connectivity index (χ2v) is 7.90. The maximum absolute atomic E-state index is 12.7. The lowest BCUT2D eigenvalue weighted by atomic mass is 10.2. The highest BCUT2D eigenvalue weighted by Gasteiger charge is 2.16. The first kappa shape index (κ1) is 21.4. The molecule has 7 nitrogen and oxygen atoms in total. The quantitative estimate of drug-likeness (QED) is 0.476. The zero-order valence-corrected chi connectivity index (χ0v) is 18.8. The van der Waals surface area contributed by atoms with E-state index in [9.17, 15) is 4.79 Å². The summed E-state index contributed by atoms with van der Waals surface area (Å²) in [6.45, 7) is 4.52. The minimum absolute atomic E-state index is 0.143. The van der Waals surface area contributed by atoms with Gasteiger partial charge >= 0.3 is 0 Å². The standard InChI is InChI=1S/C25H27N5O2/c1-17-14-18(2)26-24-23(17)25(28-30(24)4)32-16-22(31)27-20-12-8-9-13-21(20)29(3)15-19-10-6-5-7-11-19/h5-14H,15-16H2,1-4H3,(H,27,31). The van der Waals surface area contributed by atoms with Crippen LogP contribution in [0.3, 0.4) is 0 Å². The van der Waals surface area contributed by atoms with Crippen molar-refractivity contribution in [3.05, 3.63) is 77.5 Å². The second kappa shape index (κ2) is 9.09. The Morgan fingerprint density at radius 2 is 1.81 bits per heavy atom. The average Bonchev–Trinajstić information content (AvgIpc) is 3.09. The summed E-state index contributed by atoms with van der Waals surface area (Å²) in [5, 5.41) is 8.20. The number of anilines is 2. The predicted octanol–water partition coefficient (Wildman–Crippen LogP) is 4.24. The Morgan fingerprint density at radius 1 is 1.09 bits per heavy atom. The Morgan fingerprint density at radius 3 is 2.59 bits per heavy atom. The van der Waals surface area contributed by atoms with Crippen molar-refractivity contribution in [2.75, 3.05) is 23.9 Å². The molecule has 0 atom stereocenters. The molecule has 1 amide bonds. The van der Waals surface area contributed by atoms with Gasteiger partial charge in [-0.1, -0.05) is 42.5 Å². The van der Waals surface area contributed by atoms with Gasteiger partial charge in [0.25, 0.3) is 5.91 Å². The van der Waals surface area contributed by atoms with Gasteiger partial charge < -0.3 is 15.0 Å². The molecule has 4 aromatic rings. The number of carbonyl (C=O) groups is 1. The molecule has 164 valence electrons. The highest BCUT2D eigenvalue weighted by molar-refractivity contribution is 5.95. The first-order valence-electron chi connectivity index (χ1n) is 10.5. The molecular formula is C25H27N5O2. The number of aryl methyl sites for hydroxylation is 3. The highest BCUT2D eigenvalue weighted by atomic mass is 16.5. The Kier molecular flexibility index (Phi) is 6.07. The zero-order chi connectivity index (χ0) is 22.7. The molecule has 0 fully saturated rings. The van der Waals surface area contributed by atoms with E-state index in [1.54, 1.807) is 4.68 Å². The first-order valence-corrected chi connectivity index (χ1v) is 10.5. The number of aromatic nitrogens is 3. The molecule has 32 heavy (non-hydrogen) atoms. The number of hydrogen-bond donors (Lipinski definition) is 1. The molecule has 1 N–H and O–H groups in total. The van der Waals surface area contributed by atoms with Gasteiger partial charge in [0.2, 0.25) is 5.88 Å². The van der Waals surface area contributed by atoms with E-state index in [-0.39, 0.29) is 12.5 Å². The molecule has 0 aliphatic rings. The monoisotopic (exact) mass is 429 g/mol. The number of para-hydroxylation sites is 2. The van der Waals surface area contributed by atoms with Crippen molar-refractivity contribution < 1.29 is 9.53 Å². The summed E-state index contributed by atoms with van der Waals surface area (Å²) < 4.78 is 7.47. The lowest BCUT2D eigenvalue weighted by molar-refractivity contribution is -0.118. The minimum Gasteiger partial charge on any atom is -0.466 e. The van der Waals surface area contributed by atoms with E-state index in [4.69, 9.17) is 4.74 Å². The molecule has 0 unspecified atom stereocenters. The van der Waals surface area contributed by atoms with E-state index in [2.05, 4.69) is 32.4 Å². The molecule has 0 aliphatic heterocycles. The Bertz CT molecular complexity index is 1250. The molecule has 2 heterocycles. The SMILES string of the molecule is Cc1cc(C)c2c(OCC(=O)Nc3ccccc3N(C)Cc3ccccc3)nn(C)c2n1. The van der Waals surface area contributed by atoms with Crippen LogP contribution in [-0.2, 0) is 18.4 Å². The van der Waals surface area contributed by atoms with Gasteiger partial charge in [0.05, 0.1) is 16.8 Å². The predicted molar refractivity (Wildman–Crippen MR) is 127 cm³/mol. The van der Waals surface area contributed by atoms with Crippen LogP contribution in [0.2, 0.25) is 0 Å². The van der Waals surface area contributed by atoms with Crippen molar-refractivity contribution in [2.45, 2.75) is 20.4 Å². The van der Waals surface area contributed by atoms with E-state index in [1.807, 2.05) is 76.5 Å². The molecule has 0 spiro atoms. The molecule has 0 bridgehead atoms. The third-order valence-corrected chi connectivity index (χ3v) is 5.28. The van der Waals surface area contributed by atoms with Crippen LogP contribution in [0.1, 0.15) is 16.8 Å². The lowest BCUT2D eigenvalue weighted by Gasteiger charge is -2.22. The number of nitrogens with zero attached hydrogens (tertiary/aromatic N) is 4. The molecule has 0 saturated heterocycles. The molecule has 0 radical (unpaired) electrons. The van der Waals surface area contributed by atoms with Gasteiger partial charge in [0, 0.05) is 26.3 Å². The summed E-state index contributed by atoms with van der Waals surface area (Å²) in [5.41, 5.74) is 5.54. The summed E-state index contributed by atoms with van der Waals surface area (Å²) in [6, 6.07) is 19.9. The van der Waals surface area contributed by atoms with Gasteiger partial charge in [-0.2, -0.15) is 0 Å². The Balaban J connectivity index is 1.46. The summed E-state index contributed by atoms with van der Waals surface area (Å²) in [6.07, 6.45) is 0. The number of ether oxygens (including phenoxy) is 1. The number of rotatable bonds is 7. The number of benzene rings is 2. The van der Waals surface area contributed by atoms with Gasteiger partial charge in [-0.3, -0.25) is 4.79 Å². The summed E-state index contributed by atoms with van der Waals surface area (Å²) in [7, 11) is 3.83. The third kappa shape index (κ3) is 4.56.